The summed E-state index contributed by atoms with van der Waals surface area (Å²) < 4.78 is 5.08. The normalized spacial score (nSPS) is 13.4. The standard InChI is InChI=1S/C11H9BClN3O3S/c1-5-15-16-11(20-5)14-10(17)7-3-8-6(2-9(7)13)4-19-12(8)18/h2-3,18H,4H2,1H3,(H,14,16,17). The monoisotopic (exact) mass is 309 g/mol. The van der Waals surface area contributed by atoms with E-state index in [4.69, 9.17) is 16.3 Å². The minimum atomic E-state index is -1.02. The van der Waals surface area contributed by atoms with Gasteiger partial charge in [-0.2, -0.15) is 0 Å². The zero-order valence-electron chi connectivity index (χ0n) is 10.4. The maximum absolute atomic E-state index is 12.2. The lowest BCUT2D eigenvalue weighted by Gasteiger charge is -2.07. The maximum Gasteiger partial charge on any atom is 0.491 e. The number of rotatable bonds is 2. The SMILES string of the molecule is Cc1nnc(NC(=O)c2cc3c(cc2Cl)COB3O)s1. The van der Waals surface area contributed by atoms with Crippen LogP contribution >= 0.6 is 22.9 Å². The topological polar surface area (TPSA) is 84.3 Å². The molecule has 0 saturated heterocycles. The van der Waals surface area contributed by atoms with Crippen molar-refractivity contribution in [3.63, 3.8) is 0 Å². The fourth-order valence-corrected chi connectivity index (χ4v) is 2.79. The van der Waals surface area contributed by atoms with E-state index in [0.29, 0.717) is 15.6 Å². The molecule has 0 atom stereocenters. The van der Waals surface area contributed by atoms with Crippen LogP contribution in [0.1, 0.15) is 20.9 Å². The van der Waals surface area contributed by atoms with Gasteiger partial charge in [0.1, 0.15) is 5.01 Å². The number of benzene rings is 1. The Morgan fingerprint density at radius 1 is 1.55 bits per heavy atom. The first-order chi connectivity index (χ1) is 9.54. The number of anilines is 1. The number of halogens is 1. The number of carbonyl (C=O) groups excluding carboxylic acids is 1. The van der Waals surface area contributed by atoms with Gasteiger partial charge in [-0.05, 0) is 30.1 Å². The number of nitrogens with one attached hydrogen (secondary N) is 1. The molecule has 1 amide bonds. The molecule has 0 aliphatic carbocycles. The number of hydrogen-bond donors (Lipinski definition) is 2. The number of carbonyl (C=O) groups is 1. The fourth-order valence-electron chi connectivity index (χ4n) is 1.93. The summed E-state index contributed by atoms with van der Waals surface area (Å²) in [5, 5.41) is 21.4. The summed E-state index contributed by atoms with van der Waals surface area (Å²) in [4.78, 5) is 12.2. The highest BCUT2D eigenvalue weighted by Gasteiger charge is 2.29. The Balaban J connectivity index is 1.90. The van der Waals surface area contributed by atoms with Gasteiger partial charge in [-0.25, -0.2) is 0 Å². The quantitative estimate of drug-likeness (QED) is 0.808. The number of aromatic nitrogens is 2. The predicted octanol–water partition coefficient (Wildman–Crippen LogP) is 0.970. The number of fused-ring (bicyclic) bond motifs is 1. The Hall–Kier alpha value is -1.48. The van der Waals surface area contributed by atoms with Gasteiger partial charge in [0.2, 0.25) is 5.13 Å². The molecule has 0 bridgehead atoms. The minimum Gasteiger partial charge on any atom is -0.423 e. The lowest BCUT2D eigenvalue weighted by molar-refractivity contribution is 0.102. The van der Waals surface area contributed by atoms with Crippen molar-refractivity contribution < 1.29 is 14.5 Å². The molecule has 2 aromatic rings. The third-order valence-corrected chi connectivity index (χ3v) is 3.95. The molecule has 1 aromatic carbocycles. The molecule has 1 aliphatic heterocycles. The van der Waals surface area contributed by atoms with Gasteiger partial charge in [0.15, 0.2) is 0 Å². The average Bonchev–Trinajstić information content (AvgIpc) is 2.95. The molecule has 20 heavy (non-hydrogen) atoms. The summed E-state index contributed by atoms with van der Waals surface area (Å²) in [7, 11) is -1.02. The van der Waals surface area contributed by atoms with E-state index in [1.165, 1.54) is 11.3 Å². The molecule has 1 aromatic heterocycles. The largest absolute Gasteiger partial charge is 0.491 e. The van der Waals surface area contributed by atoms with Crippen molar-refractivity contribution in [2.45, 2.75) is 13.5 Å². The molecular formula is C11H9BClN3O3S. The van der Waals surface area contributed by atoms with Crippen LogP contribution in [0.4, 0.5) is 5.13 Å². The van der Waals surface area contributed by atoms with Crippen molar-refractivity contribution in [2.24, 2.45) is 0 Å². The summed E-state index contributed by atoms with van der Waals surface area (Å²) in [5.41, 5.74) is 1.61. The highest BCUT2D eigenvalue weighted by atomic mass is 35.5. The maximum atomic E-state index is 12.2. The van der Waals surface area contributed by atoms with Crippen LogP contribution in [0.15, 0.2) is 12.1 Å². The van der Waals surface area contributed by atoms with Gasteiger partial charge < -0.3 is 9.68 Å². The highest BCUT2D eigenvalue weighted by Crippen LogP contribution is 2.22. The van der Waals surface area contributed by atoms with Gasteiger partial charge in [0, 0.05) is 0 Å². The second kappa shape index (κ2) is 5.14. The zero-order valence-corrected chi connectivity index (χ0v) is 12.0. The van der Waals surface area contributed by atoms with Crippen molar-refractivity contribution in [1.82, 2.24) is 10.2 Å². The van der Waals surface area contributed by atoms with Crippen molar-refractivity contribution in [3.05, 3.63) is 33.3 Å². The molecule has 1 aliphatic rings. The van der Waals surface area contributed by atoms with Crippen LogP contribution in [0.3, 0.4) is 0 Å². The lowest BCUT2D eigenvalue weighted by atomic mass is 9.78. The Kier molecular flexibility index (Phi) is 3.47. The second-order valence-electron chi connectivity index (χ2n) is 4.27. The molecule has 3 rings (SSSR count). The van der Waals surface area contributed by atoms with Gasteiger partial charge in [-0.3, -0.25) is 10.1 Å². The number of nitrogens with zero attached hydrogens (tertiary/aromatic N) is 2. The van der Waals surface area contributed by atoms with E-state index < -0.39 is 13.0 Å². The van der Waals surface area contributed by atoms with Crippen LogP contribution in [0.2, 0.25) is 5.02 Å². The molecule has 0 radical (unpaired) electrons. The third kappa shape index (κ3) is 2.43. The predicted molar refractivity (Wildman–Crippen MR) is 76.4 cm³/mol. The molecule has 102 valence electrons. The first-order valence-electron chi connectivity index (χ1n) is 5.78. The van der Waals surface area contributed by atoms with Crippen LogP contribution in [0.5, 0.6) is 0 Å². The van der Waals surface area contributed by atoms with Gasteiger partial charge in [-0.15, -0.1) is 10.2 Å². The number of hydrogen-bond acceptors (Lipinski definition) is 6. The van der Waals surface area contributed by atoms with E-state index in [1.807, 2.05) is 0 Å². The van der Waals surface area contributed by atoms with E-state index in [2.05, 4.69) is 15.5 Å². The Bertz CT molecular complexity index is 694. The summed E-state index contributed by atoms with van der Waals surface area (Å²) >= 11 is 7.36. The van der Waals surface area contributed by atoms with E-state index in [0.717, 1.165) is 10.6 Å². The van der Waals surface area contributed by atoms with Crippen LogP contribution in [-0.4, -0.2) is 28.2 Å². The molecule has 0 unspecified atom stereocenters. The summed E-state index contributed by atoms with van der Waals surface area (Å²) in [6, 6.07) is 3.17. The molecule has 0 saturated carbocycles. The molecule has 2 heterocycles. The van der Waals surface area contributed by atoms with Crippen molar-refractivity contribution in [1.29, 1.82) is 0 Å². The number of aryl methyl sites for hydroxylation is 1. The Morgan fingerprint density at radius 3 is 3.05 bits per heavy atom. The van der Waals surface area contributed by atoms with E-state index in [9.17, 15) is 9.82 Å². The smallest absolute Gasteiger partial charge is 0.423 e. The van der Waals surface area contributed by atoms with Crippen molar-refractivity contribution in [3.8, 4) is 0 Å². The first-order valence-corrected chi connectivity index (χ1v) is 6.97. The molecule has 6 nitrogen and oxygen atoms in total. The highest BCUT2D eigenvalue weighted by molar-refractivity contribution is 7.15. The van der Waals surface area contributed by atoms with Crippen molar-refractivity contribution >= 4 is 46.6 Å². The first kappa shape index (κ1) is 13.5. The van der Waals surface area contributed by atoms with Crippen LogP contribution in [0, 0.1) is 6.92 Å². The van der Waals surface area contributed by atoms with Crippen LogP contribution in [0.25, 0.3) is 0 Å². The van der Waals surface area contributed by atoms with Gasteiger partial charge in [0.25, 0.3) is 5.91 Å². The van der Waals surface area contributed by atoms with Gasteiger partial charge in [-0.1, -0.05) is 22.9 Å². The van der Waals surface area contributed by atoms with E-state index in [1.54, 1.807) is 19.1 Å². The summed E-state index contributed by atoms with van der Waals surface area (Å²) in [6.45, 7) is 2.08. The zero-order chi connectivity index (χ0) is 14.3. The van der Waals surface area contributed by atoms with E-state index >= 15 is 0 Å². The average molecular weight is 310 g/mol. The van der Waals surface area contributed by atoms with Crippen molar-refractivity contribution in [2.75, 3.05) is 5.32 Å². The van der Waals surface area contributed by atoms with Gasteiger partial charge >= 0.3 is 7.12 Å². The van der Waals surface area contributed by atoms with Crippen LogP contribution < -0.4 is 10.8 Å². The Labute approximate surface area is 123 Å². The lowest BCUT2D eigenvalue weighted by Crippen LogP contribution is -2.29. The third-order valence-electron chi connectivity index (χ3n) is 2.88. The fraction of sp³-hybridized carbons (Fsp3) is 0.182. The minimum absolute atomic E-state index is 0.266. The Morgan fingerprint density at radius 2 is 2.35 bits per heavy atom. The number of amides is 1. The molecule has 2 N–H and O–H groups in total. The van der Waals surface area contributed by atoms with Gasteiger partial charge in [0.05, 0.1) is 17.2 Å². The second-order valence-corrected chi connectivity index (χ2v) is 5.86. The molecule has 0 fully saturated rings. The molecule has 0 spiro atoms. The van der Waals surface area contributed by atoms with Crippen LogP contribution in [-0.2, 0) is 11.3 Å². The summed E-state index contributed by atoms with van der Waals surface area (Å²) in [5.74, 6) is -0.395. The van der Waals surface area contributed by atoms with E-state index in [-0.39, 0.29) is 12.2 Å². The summed E-state index contributed by atoms with van der Waals surface area (Å²) in [6.07, 6.45) is 0. The molecule has 9 heteroatoms. The molecular weight excluding hydrogens is 300 g/mol.